The molecule has 0 saturated heterocycles. The first-order valence-electron chi connectivity index (χ1n) is 7.36. The molecule has 0 spiro atoms. The van der Waals surface area contributed by atoms with Crippen molar-refractivity contribution in [2.24, 2.45) is 0 Å². The van der Waals surface area contributed by atoms with Crippen molar-refractivity contribution in [3.8, 4) is 0 Å². The molecule has 1 aromatic heterocycles. The van der Waals surface area contributed by atoms with Crippen LogP contribution in [0.15, 0.2) is 47.4 Å². The zero-order valence-corrected chi connectivity index (χ0v) is 12.3. The van der Waals surface area contributed by atoms with Crippen molar-refractivity contribution < 1.29 is 0 Å². The Balaban J connectivity index is 1.75. The molecule has 0 radical (unpaired) electrons. The number of aromatic nitrogens is 1. The Bertz CT molecular complexity index is 715. The van der Waals surface area contributed by atoms with E-state index in [0.29, 0.717) is 0 Å². The first kappa shape index (κ1) is 13.8. The van der Waals surface area contributed by atoms with E-state index in [2.05, 4.69) is 47.3 Å². The number of aryl methyl sites for hydroxylation is 1. The van der Waals surface area contributed by atoms with Gasteiger partial charge in [-0.3, -0.25) is 9.69 Å². The van der Waals surface area contributed by atoms with Crippen molar-refractivity contribution in [3.63, 3.8) is 0 Å². The van der Waals surface area contributed by atoms with E-state index in [1.165, 1.54) is 16.7 Å². The maximum Gasteiger partial charge on any atom is 0.248 e. The minimum Gasteiger partial charge on any atom is -0.329 e. The van der Waals surface area contributed by atoms with Crippen molar-refractivity contribution in [1.29, 1.82) is 0 Å². The number of pyridine rings is 1. The zero-order valence-electron chi connectivity index (χ0n) is 12.3. The summed E-state index contributed by atoms with van der Waals surface area (Å²) in [6.45, 7) is 1.66. The van der Waals surface area contributed by atoms with E-state index >= 15 is 0 Å². The standard InChI is InChI=1S/C18H20N2O/c1-20(12-14-9-10-19-18(21)11-14)13-16-7-4-6-15-5-2-3-8-17(15)16/h3-4,6-11H,2,5,12-13H2,1H3,(H,19,21). The highest BCUT2D eigenvalue weighted by Gasteiger charge is 2.10. The molecular formula is C18H20N2O. The van der Waals surface area contributed by atoms with E-state index in [4.69, 9.17) is 0 Å². The maximum atomic E-state index is 11.3. The van der Waals surface area contributed by atoms with Gasteiger partial charge in [-0.1, -0.05) is 30.4 Å². The minimum atomic E-state index is -0.0408. The van der Waals surface area contributed by atoms with Crippen molar-refractivity contribution in [3.05, 3.63) is 75.2 Å². The lowest BCUT2D eigenvalue weighted by Gasteiger charge is -2.20. The molecule has 3 rings (SSSR count). The van der Waals surface area contributed by atoms with Crippen LogP contribution in [0.4, 0.5) is 0 Å². The molecule has 0 unspecified atom stereocenters. The van der Waals surface area contributed by atoms with Gasteiger partial charge in [-0.05, 0) is 48.2 Å². The summed E-state index contributed by atoms with van der Waals surface area (Å²) < 4.78 is 0. The van der Waals surface area contributed by atoms with Crippen molar-refractivity contribution >= 4 is 6.08 Å². The quantitative estimate of drug-likeness (QED) is 0.934. The smallest absolute Gasteiger partial charge is 0.248 e. The lowest BCUT2D eigenvalue weighted by atomic mass is 9.93. The van der Waals surface area contributed by atoms with E-state index in [9.17, 15) is 4.79 Å². The Morgan fingerprint density at radius 3 is 3.00 bits per heavy atom. The molecule has 108 valence electrons. The summed E-state index contributed by atoms with van der Waals surface area (Å²) in [4.78, 5) is 16.2. The van der Waals surface area contributed by atoms with Crippen LogP contribution in [0.5, 0.6) is 0 Å². The number of rotatable bonds is 4. The second-order valence-electron chi connectivity index (χ2n) is 5.66. The molecule has 0 atom stereocenters. The molecule has 1 aliphatic rings. The average molecular weight is 280 g/mol. The summed E-state index contributed by atoms with van der Waals surface area (Å²) in [6, 6.07) is 10.2. The van der Waals surface area contributed by atoms with E-state index in [0.717, 1.165) is 31.5 Å². The van der Waals surface area contributed by atoms with Crippen LogP contribution in [0.25, 0.3) is 6.08 Å². The molecule has 0 aliphatic heterocycles. The van der Waals surface area contributed by atoms with E-state index < -0.39 is 0 Å². The van der Waals surface area contributed by atoms with Gasteiger partial charge in [-0.15, -0.1) is 0 Å². The van der Waals surface area contributed by atoms with Gasteiger partial charge < -0.3 is 4.98 Å². The van der Waals surface area contributed by atoms with Crippen LogP contribution in [0.3, 0.4) is 0 Å². The summed E-state index contributed by atoms with van der Waals surface area (Å²) in [5.74, 6) is 0. The predicted octanol–water partition coefficient (Wildman–Crippen LogP) is 2.97. The summed E-state index contributed by atoms with van der Waals surface area (Å²) in [5.41, 5.74) is 5.18. The normalized spacial score (nSPS) is 13.4. The number of H-pyrrole nitrogens is 1. The van der Waals surface area contributed by atoms with Crippen molar-refractivity contribution in [1.82, 2.24) is 9.88 Å². The lowest BCUT2D eigenvalue weighted by molar-refractivity contribution is 0.318. The summed E-state index contributed by atoms with van der Waals surface area (Å²) >= 11 is 0. The van der Waals surface area contributed by atoms with Gasteiger partial charge in [0.15, 0.2) is 0 Å². The number of hydrogen-bond acceptors (Lipinski definition) is 2. The van der Waals surface area contributed by atoms with Gasteiger partial charge in [0.2, 0.25) is 5.56 Å². The number of nitrogens with zero attached hydrogens (tertiary/aromatic N) is 1. The van der Waals surface area contributed by atoms with E-state index in [1.54, 1.807) is 12.3 Å². The topological polar surface area (TPSA) is 36.1 Å². The summed E-state index contributed by atoms with van der Waals surface area (Å²) in [7, 11) is 2.09. The van der Waals surface area contributed by atoms with Crippen LogP contribution in [0.2, 0.25) is 0 Å². The van der Waals surface area contributed by atoms with Gasteiger partial charge in [-0.25, -0.2) is 0 Å². The third-order valence-electron chi connectivity index (χ3n) is 3.88. The molecule has 21 heavy (non-hydrogen) atoms. The molecule has 1 aliphatic carbocycles. The Morgan fingerprint density at radius 2 is 2.14 bits per heavy atom. The number of nitrogens with one attached hydrogen (secondary N) is 1. The highest BCUT2D eigenvalue weighted by atomic mass is 16.1. The van der Waals surface area contributed by atoms with Crippen molar-refractivity contribution in [2.75, 3.05) is 7.05 Å². The van der Waals surface area contributed by atoms with Crippen LogP contribution in [-0.4, -0.2) is 16.9 Å². The fourth-order valence-corrected chi connectivity index (χ4v) is 2.92. The molecule has 1 heterocycles. The van der Waals surface area contributed by atoms with E-state index in [1.807, 2.05) is 6.07 Å². The fraction of sp³-hybridized carbons (Fsp3) is 0.278. The number of benzene rings is 1. The fourth-order valence-electron chi connectivity index (χ4n) is 2.92. The number of aromatic amines is 1. The SMILES string of the molecule is CN(Cc1cc[nH]c(=O)c1)Cc1cccc2c1C=CCC2. The summed E-state index contributed by atoms with van der Waals surface area (Å²) in [5, 5.41) is 0. The molecule has 3 nitrogen and oxygen atoms in total. The average Bonchev–Trinajstić information content (AvgIpc) is 2.47. The maximum absolute atomic E-state index is 11.3. The molecule has 0 saturated carbocycles. The predicted molar refractivity (Wildman–Crippen MR) is 86.0 cm³/mol. The molecule has 0 bridgehead atoms. The van der Waals surface area contributed by atoms with Gasteiger partial charge in [0.05, 0.1) is 0 Å². The van der Waals surface area contributed by atoms with Gasteiger partial charge in [0.1, 0.15) is 0 Å². The Hall–Kier alpha value is -2.13. The summed E-state index contributed by atoms with van der Waals surface area (Å²) in [6.07, 6.45) is 8.48. The first-order chi connectivity index (χ1) is 10.2. The van der Waals surface area contributed by atoms with Gasteiger partial charge in [0.25, 0.3) is 0 Å². The van der Waals surface area contributed by atoms with Crippen LogP contribution in [0, 0.1) is 0 Å². The van der Waals surface area contributed by atoms with Gasteiger partial charge >= 0.3 is 0 Å². The van der Waals surface area contributed by atoms with Crippen LogP contribution in [0.1, 0.15) is 28.7 Å². The van der Waals surface area contributed by atoms with Crippen molar-refractivity contribution in [2.45, 2.75) is 25.9 Å². The molecule has 2 aromatic rings. The number of hydrogen-bond donors (Lipinski definition) is 1. The van der Waals surface area contributed by atoms with E-state index in [-0.39, 0.29) is 5.56 Å². The second kappa shape index (κ2) is 6.10. The van der Waals surface area contributed by atoms with Crippen LogP contribution < -0.4 is 5.56 Å². The Morgan fingerprint density at radius 1 is 1.24 bits per heavy atom. The third kappa shape index (κ3) is 3.31. The van der Waals surface area contributed by atoms with Gasteiger partial charge in [-0.2, -0.15) is 0 Å². The Kier molecular flexibility index (Phi) is 4.02. The van der Waals surface area contributed by atoms with Crippen LogP contribution in [-0.2, 0) is 19.5 Å². The molecule has 0 fully saturated rings. The Labute approximate surface area is 124 Å². The first-order valence-corrected chi connectivity index (χ1v) is 7.36. The molecule has 0 amide bonds. The highest BCUT2D eigenvalue weighted by molar-refractivity contribution is 5.60. The zero-order chi connectivity index (χ0) is 14.7. The minimum absolute atomic E-state index is 0.0408. The third-order valence-corrected chi connectivity index (χ3v) is 3.88. The molecular weight excluding hydrogens is 260 g/mol. The largest absolute Gasteiger partial charge is 0.329 e. The second-order valence-corrected chi connectivity index (χ2v) is 5.66. The lowest BCUT2D eigenvalue weighted by Crippen LogP contribution is -2.19. The van der Waals surface area contributed by atoms with Crippen LogP contribution >= 0.6 is 0 Å². The molecule has 3 heteroatoms. The highest BCUT2D eigenvalue weighted by Crippen LogP contribution is 2.24. The van der Waals surface area contributed by atoms with Gasteiger partial charge in [0, 0.05) is 25.4 Å². The number of allylic oxidation sites excluding steroid dienone is 1. The molecule has 1 N–H and O–H groups in total. The monoisotopic (exact) mass is 280 g/mol. The molecule has 1 aromatic carbocycles. The number of fused-ring (bicyclic) bond motifs is 1.